The van der Waals surface area contributed by atoms with Crippen LogP contribution in [0.4, 0.5) is 0 Å². The van der Waals surface area contributed by atoms with Crippen molar-refractivity contribution in [1.82, 2.24) is 4.57 Å². The average molecular weight is 279 g/mol. The molecule has 0 unspecified atom stereocenters. The Morgan fingerprint density at radius 1 is 0.714 bits per heavy atom. The highest BCUT2D eigenvalue weighted by molar-refractivity contribution is 6.08. The molecule has 0 aliphatic heterocycles. The molecule has 21 heavy (non-hydrogen) atoms. The van der Waals surface area contributed by atoms with Gasteiger partial charge in [0.2, 0.25) is 0 Å². The SMILES string of the molecule is CC(C)(C)c1ccc2c3ccccc3n(C(C)(C)C)c2c1. The van der Waals surface area contributed by atoms with E-state index < -0.39 is 0 Å². The predicted octanol–water partition coefficient (Wildman–Crippen LogP) is 5.85. The lowest BCUT2D eigenvalue weighted by Crippen LogP contribution is -2.21. The zero-order valence-corrected chi connectivity index (χ0v) is 14.0. The van der Waals surface area contributed by atoms with Gasteiger partial charge >= 0.3 is 0 Å². The van der Waals surface area contributed by atoms with Crippen LogP contribution in [0, 0.1) is 0 Å². The van der Waals surface area contributed by atoms with Crippen LogP contribution in [0.5, 0.6) is 0 Å². The lowest BCUT2D eigenvalue weighted by atomic mass is 9.86. The van der Waals surface area contributed by atoms with E-state index >= 15 is 0 Å². The van der Waals surface area contributed by atoms with Crippen molar-refractivity contribution in [2.45, 2.75) is 52.5 Å². The first-order valence-corrected chi connectivity index (χ1v) is 7.74. The van der Waals surface area contributed by atoms with Gasteiger partial charge in [0.1, 0.15) is 0 Å². The summed E-state index contributed by atoms with van der Waals surface area (Å²) in [5.74, 6) is 0. The van der Waals surface area contributed by atoms with E-state index in [1.54, 1.807) is 0 Å². The van der Waals surface area contributed by atoms with Crippen molar-refractivity contribution in [2.24, 2.45) is 0 Å². The molecule has 3 aromatic rings. The topological polar surface area (TPSA) is 4.93 Å². The summed E-state index contributed by atoms with van der Waals surface area (Å²) in [4.78, 5) is 0. The van der Waals surface area contributed by atoms with Crippen LogP contribution in [0.25, 0.3) is 21.8 Å². The first kappa shape index (κ1) is 14.2. The molecule has 1 aromatic heterocycles. The third kappa shape index (κ3) is 2.25. The summed E-state index contributed by atoms with van der Waals surface area (Å²) in [5.41, 5.74) is 4.30. The molecule has 0 aliphatic carbocycles. The molecule has 3 rings (SSSR count). The third-order valence-electron chi connectivity index (χ3n) is 4.21. The summed E-state index contributed by atoms with van der Waals surface area (Å²) in [6, 6.07) is 15.7. The number of nitrogens with zero attached hydrogens (tertiary/aromatic N) is 1. The van der Waals surface area contributed by atoms with E-state index in [1.165, 1.54) is 27.4 Å². The van der Waals surface area contributed by atoms with Crippen LogP contribution < -0.4 is 0 Å². The fraction of sp³-hybridized carbons (Fsp3) is 0.400. The van der Waals surface area contributed by atoms with E-state index in [9.17, 15) is 0 Å². The molecule has 110 valence electrons. The average Bonchev–Trinajstić information content (AvgIpc) is 2.70. The van der Waals surface area contributed by atoms with Crippen molar-refractivity contribution in [3.63, 3.8) is 0 Å². The summed E-state index contributed by atoms with van der Waals surface area (Å²) < 4.78 is 2.48. The van der Waals surface area contributed by atoms with Crippen LogP contribution in [0.1, 0.15) is 47.1 Å². The Morgan fingerprint density at radius 3 is 1.95 bits per heavy atom. The monoisotopic (exact) mass is 279 g/mol. The molecule has 0 atom stereocenters. The summed E-state index contributed by atoms with van der Waals surface area (Å²) in [6.45, 7) is 13.7. The van der Waals surface area contributed by atoms with Crippen molar-refractivity contribution in [3.8, 4) is 0 Å². The van der Waals surface area contributed by atoms with Gasteiger partial charge in [-0.05, 0) is 43.9 Å². The summed E-state index contributed by atoms with van der Waals surface area (Å²) in [5, 5.41) is 2.71. The predicted molar refractivity (Wildman–Crippen MR) is 93.1 cm³/mol. The first-order chi connectivity index (χ1) is 9.69. The molecule has 0 bridgehead atoms. The Kier molecular flexibility index (Phi) is 2.95. The number of rotatable bonds is 0. The maximum absolute atomic E-state index is 2.48. The van der Waals surface area contributed by atoms with Gasteiger partial charge in [-0.2, -0.15) is 0 Å². The Bertz CT molecular complexity index is 807. The van der Waals surface area contributed by atoms with Crippen molar-refractivity contribution in [2.75, 3.05) is 0 Å². The van der Waals surface area contributed by atoms with E-state index in [4.69, 9.17) is 0 Å². The number of hydrogen-bond donors (Lipinski definition) is 0. The fourth-order valence-corrected chi connectivity index (χ4v) is 3.16. The molecule has 0 radical (unpaired) electrons. The van der Waals surface area contributed by atoms with Crippen molar-refractivity contribution in [1.29, 1.82) is 0 Å². The molecule has 0 spiro atoms. The molecule has 1 heterocycles. The van der Waals surface area contributed by atoms with Gasteiger partial charge in [0.15, 0.2) is 0 Å². The minimum absolute atomic E-state index is 0.0673. The standard InChI is InChI=1S/C20H25N/c1-19(2,3)14-11-12-16-15-9-7-8-10-17(15)21(18(16)13-14)20(4,5)6/h7-13H,1-6H3. The quantitative estimate of drug-likeness (QED) is 0.486. The van der Waals surface area contributed by atoms with E-state index in [-0.39, 0.29) is 11.0 Å². The van der Waals surface area contributed by atoms with E-state index in [1.807, 2.05) is 0 Å². The van der Waals surface area contributed by atoms with E-state index in [0.29, 0.717) is 0 Å². The van der Waals surface area contributed by atoms with Crippen molar-refractivity contribution >= 4 is 21.8 Å². The van der Waals surface area contributed by atoms with Gasteiger partial charge in [-0.15, -0.1) is 0 Å². The second-order valence-corrected chi connectivity index (χ2v) is 8.01. The Morgan fingerprint density at radius 2 is 1.33 bits per heavy atom. The fourth-order valence-electron chi connectivity index (χ4n) is 3.16. The van der Waals surface area contributed by atoms with Crippen LogP contribution >= 0.6 is 0 Å². The van der Waals surface area contributed by atoms with Gasteiger partial charge in [-0.3, -0.25) is 0 Å². The minimum Gasteiger partial charge on any atom is -0.335 e. The molecule has 0 saturated heterocycles. The summed E-state index contributed by atoms with van der Waals surface area (Å²) >= 11 is 0. The van der Waals surface area contributed by atoms with E-state index in [0.717, 1.165) is 0 Å². The van der Waals surface area contributed by atoms with Gasteiger partial charge in [0.05, 0.1) is 0 Å². The molecule has 1 heteroatoms. The molecular weight excluding hydrogens is 254 g/mol. The number of fused-ring (bicyclic) bond motifs is 3. The molecule has 0 fully saturated rings. The van der Waals surface area contributed by atoms with Crippen LogP contribution in [0.15, 0.2) is 42.5 Å². The summed E-state index contributed by atoms with van der Waals surface area (Å²) in [6.07, 6.45) is 0. The number of para-hydroxylation sites is 1. The molecule has 0 saturated carbocycles. The third-order valence-corrected chi connectivity index (χ3v) is 4.21. The Hall–Kier alpha value is -1.76. The largest absolute Gasteiger partial charge is 0.335 e. The van der Waals surface area contributed by atoms with Gasteiger partial charge < -0.3 is 4.57 Å². The van der Waals surface area contributed by atoms with Crippen molar-refractivity contribution in [3.05, 3.63) is 48.0 Å². The van der Waals surface area contributed by atoms with E-state index in [2.05, 4.69) is 88.6 Å². The van der Waals surface area contributed by atoms with Gasteiger partial charge in [0.25, 0.3) is 0 Å². The van der Waals surface area contributed by atoms with Gasteiger partial charge in [0, 0.05) is 27.3 Å². The molecule has 2 aromatic carbocycles. The van der Waals surface area contributed by atoms with Gasteiger partial charge in [-0.25, -0.2) is 0 Å². The highest BCUT2D eigenvalue weighted by atomic mass is 15.0. The zero-order chi connectivity index (χ0) is 15.4. The highest BCUT2D eigenvalue weighted by Gasteiger charge is 2.22. The second kappa shape index (κ2) is 4.37. The highest BCUT2D eigenvalue weighted by Crippen LogP contribution is 2.36. The molecular formula is C20H25N. The van der Waals surface area contributed by atoms with Crippen molar-refractivity contribution < 1.29 is 0 Å². The summed E-state index contributed by atoms with van der Waals surface area (Å²) in [7, 11) is 0. The maximum Gasteiger partial charge on any atom is 0.0499 e. The zero-order valence-electron chi connectivity index (χ0n) is 14.0. The second-order valence-electron chi connectivity index (χ2n) is 8.01. The first-order valence-electron chi connectivity index (χ1n) is 7.74. The minimum atomic E-state index is 0.0673. The van der Waals surface area contributed by atoms with Crippen LogP contribution in [0.2, 0.25) is 0 Å². The molecule has 0 aliphatic rings. The van der Waals surface area contributed by atoms with Crippen LogP contribution in [-0.4, -0.2) is 4.57 Å². The molecule has 0 N–H and O–H groups in total. The Labute approximate surface area is 127 Å². The van der Waals surface area contributed by atoms with Crippen LogP contribution in [0.3, 0.4) is 0 Å². The smallest absolute Gasteiger partial charge is 0.0499 e. The number of hydrogen-bond acceptors (Lipinski definition) is 0. The normalized spacial score (nSPS) is 13.2. The number of aromatic nitrogens is 1. The lowest BCUT2D eigenvalue weighted by molar-refractivity contribution is 0.423. The van der Waals surface area contributed by atoms with Gasteiger partial charge in [-0.1, -0.05) is 51.1 Å². The Balaban J connectivity index is 2.48. The maximum atomic E-state index is 2.48. The van der Waals surface area contributed by atoms with Crippen LogP contribution in [-0.2, 0) is 11.0 Å². The number of benzene rings is 2. The molecule has 1 nitrogen and oxygen atoms in total. The molecule has 0 amide bonds. The lowest BCUT2D eigenvalue weighted by Gasteiger charge is -2.25.